The first-order valence-electron chi connectivity index (χ1n) is 7.77. The van der Waals surface area contributed by atoms with Crippen LogP contribution in [0.4, 0.5) is 5.69 Å². The Kier molecular flexibility index (Phi) is 4.40. The van der Waals surface area contributed by atoms with Crippen LogP contribution in [0.5, 0.6) is 0 Å². The summed E-state index contributed by atoms with van der Waals surface area (Å²) in [5.74, 6) is -1.10. The average molecular weight is 316 g/mol. The second-order valence-corrected chi connectivity index (χ2v) is 5.59. The largest absolute Gasteiger partial charge is 0.335 e. The number of aromatic nitrogens is 4. The molecule has 122 valence electrons. The zero-order chi connectivity index (χ0) is 16.2. The van der Waals surface area contributed by atoms with Crippen LogP contribution in [-0.4, -0.2) is 48.6 Å². The minimum atomic E-state index is -0.613. The highest BCUT2D eigenvalue weighted by Gasteiger charge is 2.32. The van der Waals surface area contributed by atoms with Crippen molar-refractivity contribution in [3.05, 3.63) is 31.1 Å². The fraction of sp³-hybridized carbons (Fsp3) is 0.467. The molecule has 0 unspecified atom stereocenters. The van der Waals surface area contributed by atoms with Gasteiger partial charge in [0.25, 0.3) is 0 Å². The van der Waals surface area contributed by atoms with Crippen molar-refractivity contribution in [1.29, 1.82) is 0 Å². The third kappa shape index (κ3) is 3.41. The van der Waals surface area contributed by atoms with Gasteiger partial charge in [-0.1, -0.05) is 0 Å². The zero-order valence-electron chi connectivity index (χ0n) is 13.1. The third-order valence-electron chi connectivity index (χ3n) is 4.03. The lowest BCUT2D eigenvalue weighted by Gasteiger charge is -2.24. The molecule has 23 heavy (non-hydrogen) atoms. The van der Waals surface area contributed by atoms with Crippen LogP contribution in [0, 0.1) is 0 Å². The number of likely N-dealkylation sites (tertiary alicyclic amines) is 1. The number of nitrogens with one attached hydrogen (secondary N) is 1. The Morgan fingerprint density at radius 2 is 2.30 bits per heavy atom. The van der Waals surface area contributed by atoms with E-state index in [-0.39, 0.29) is 6.04 Å². The summed E-state index contributed by atoms with van der Waals surface area (Å²) in [5.41, 5.74) is 0.538. The first kappa shape index (κ1) is 15.3. The Balaban J connectivity index is 1.62. The zero-order valence-corrected chi connectivity index (χ0v) is 13.1. The number of carbonyl (C=O) groups is 2. The Labute approximate surface area is 134 Å². The maximum absolute atomic E-state index is 12.4. The number of hydrogen-bond acceptors (Lipinski definition) is 4. The van der Waals surface area contributed by atoms with E-state index in [1.54, 1.807) is 34.5 Å². The highest BCUT2D eigenvalue weighted by Crippen LogP contribution is 2.19. The van der Waals surface area contributed by atoms with Crippen molar-refractivity contribution in [3.63, 3.8) is 0 Å². The number of rotatable bonds is 4. The molecular weight excluding hydrogens is 296 g/mol. The highest BCUT2D eigenvalue weighted by atomic mass is 16.2. The van der Waals surface area contributed by atoms with Gasteiger partial charge in [0.2, 0.25) is 0 Å². The van der Waals surface area contributed by atoms with Gasteiger partial charge in [0, 0.05) is 38.2 Å². The molecule has 0 radical (unpaired) electrons. The summed E-state index contributed by atoms with van der Waals surface area (Å²) in [4.78, 5) is 30.3. The first-order valence-corrected chi connectivity index (χ1v) is 7.77. The molecule has 2 aromatic heterocycles. The molecule has 1 aliphatic heterocycles. The summed E-state index contributed by atoms with van der Waals surface area (Å²) >= 11 is 0. The molecule has 3 rings (SSSR count). The summed E-state index contributed by atoms with van der Waals surface area (Å²) in [7, 11) is 0. The summed E-state index contributed by atoms with van der Waals surface area (Å²) in [5, 5.41) is 6.70. The second kappa shape index (κ2) is 6.64. The fourth-order valence-electron chi connectivity index (χ4n) is 2.85. The lowest BCUT2D eigenvalue weighted by atomic mass is 10.2. The van der Waals surface area contributed by atoms with Crippen molar-refractivity contribution >= 4 is 17.5 Å². The van der Waals surface area contributed by atoms with Crippen molar-refractivity contribution in [1.82, 2.24) is 24.2 Å². The molecule has 0 aliphatic carbocycles. The van der Waals surface area contributed by atoms with Crippen LogP contribution in [0.2, 0.25) is 0 Å². The predicted octanol–water partition coefficient (Wildman–Crippen LogP) is 0.729. The van der Waals surface area contributed by atoms with E-state index in [2.05, 4.69) is 15.4 Å². The molecule has 1 N–H and O–H groups in total. The van der Waals surface area contributed by atoms with E-state index in [1.165, 1.54) is 0 Å². The van der Waals surface area contributed by atoms with Crippen LogP contribution in [0.3, 0.4) is 0 Å². The smallest absolute Gasteiger partial charge is 0.314 e. The lowest BCUT2D eigenvalue weighted by Crippen LogP contribution is -2.44. The van der Waals surface area contributed by atoms with Gasteiger partial charge in [-0.3, -0.25) is 14.3 Å². The van der Waals surface area contributed by atoms with Crippen LogP contribution < -0.4 is 5.32 Å². The minimum Gasteiger partial charge on any atom is -0.335 e. The van der Waals surface area contributed by atoms with Gasteiger partial charge in [-0.15, -0.1) is 0 Å². The number of amides is 2. The summed E-state index contributed by atoms with van der Waals surface area (Å²) in [6.07, 6.45) is 10.3. The van der Waals surface area contributed by atoms with Crippen LogP contribution >= 0.6 is 0 Å². The molecule has 0 aromatic carbocycles. The SMILES string of the molecule is CCn1cc(NC(=O)C(=O)N2CCC[C@@H]2Cn2ccnc2)cn1. The molecule has 1 saturated heterocycles. The minimum absolute atomic E-state index is 0.0285. The molecule has 0 saturated carbocycles. The van der Waals surface area contributed by atoms with Gasteiger partial charge < -0.3 is 14.8 Å². The van der Waals surface area contributed by atoms with E-state index in [4.69, 9.17) is 0 Å². The van der Waals surface area contributed by atoms with Crippen molar-refractivity contribution < 1.29 is 9.59 Å². The summed E-state index contributed by atoms with van der Waals surface area (Å²) < 4.78 is 3.62. The molecule has 1 fully saturated rings. The first-order chi connectivity index (χ1) is 11.2. The van der Waals surface area contributed by atoms with E-state index in [1.807, 2.05) is 17.7 Å². The number of imidazole rings is 1. The number of hydrogen-bond donors (Lipinski definition) is 1. The van der Waals surface area contributed by atoms with Gasteiger partial charge in [0.15, 0.2) is 0 Å². The molecule has 3 heterocycles. The number of anilines is 1. The summed E-state index contributed by atoms with van der Waals surface area (Å²) in [6, 6.07) is 0.0285. The monoisotopic (exact) mass is 316 g/mol. The molecule has 2 amide bonds. The molecular formula is C15H20N6O2. The van der Waals surface area contributed by atoms with Gasteiger partial charge in [-0.05, 0) is 19.8 Å². The third-order valence-corrected chi connectivity index (χ3v) is 4.03. The van der Waals surface area contributed by atoms with Crippen molar-refractivity contribution in [2.75, 3.05) is 11.9 Å². The normalized spacial score (nSPS) is 17.4. The van der Waals surface area contributed by atoms with Crippen molar-refractivity contribution in [3.8, 4) is 0 Å². The van der Waals surface area contributed by atoms with Gasteiger partial charge in [-0.2, -0.15) is 5.10 Å². The van der Waals surface area contributed by atoms with Gasteiger partial charge in [0.1, 0.15) is 0 Å². The van der Waals surface area contributed by atoms with Crippen LogP contribution in [0.1, 0.15) is 19.8 Å². The Bertz CT molecular complexity index is 678. The van der Waals surface area contributed by atoms with E-state index >= 15 is 0 Å². The van der Waals surface area contributed by atoms with Gasteiger partial charge in [0.05, 0.1) is 24.3 Å². The van der Waals surface area contributed by atoms with Crippen LogP contribution in [-0.2, 0) is 22.7 Å². The van der Waals surface area contributed by atoms with Crippen molar-refractivity contribution in [2.45, 2.75) is 38.9 Å². The maximum Gasteiger partial charge on any atom is 0.314 e. The topological polar surface area (TPSA) is 85.0 Å². The molecule has 2 aromatic rings. The van der Waals surface area contributed by atoms with Crippen molar-refractivity contribution in [2.24, 2.45) is 0 Å². The van der Waals surface area contributed by atoms with E-state index in [9.17, 15) is 9.59 Å². The number of nitrogens with zero attached hydrogens (tertiary/aromatic N) is 5. The van der Waals surface area contributed by atoms with E-state index in [0.29, 0.717) is 25.3 Å². The quantitative estimate of drug-likeness (QED) is 0.843. The maximum atomic E-state index is 12.4. The van der Waals surface area contributed by atoms with E-state index < -0.39 is 11.8 Å². The number of aryl methyl sites for hydroxylation is 1. The Hall–Kier alpha value is -2.64. The Morgan fingerprint density at radius 1 is 1.43 bits per heavy atom. The highest BCUT2D eigenvalue weighted by molar-refractivity contribution is 6.39. The lowest BCUT2D eigenvalue weighted by molar-refractivity contribution is -0.143. The molecule has 8 heteroatoms. The van der Waals surface area contributed by atoms with Crippen LogP contribution in [0.15, 0.2) is 31.1 Å². The molecule has 0 bridgehead atoms. The predicted molar refractivity (Wildman–Crippen MR) is 83.5 cm³/mol. The molecule has 1 aliphatic rings. The average Bonchev–Trinajstić information content (AvgIpc) is 3.28. The molecule has 1 atom stereocenters. The van der Waals surface area contributed by atoms with Gasteiger partial charge in [-0.25, -0.2) is 4.98 Å². The second-order valence-electron chi connectivity index (χ2n) is 5.59. The number of carbonyl (C=O) groups excluding carboxylic acids is 2. The van der Waals surface area contributed by atoms with Gasteiger partial charge >= 0.3 is 11.8 Å². The summed E-state index contributed by atoms with van der Waals surface area (Å²) in [6.45, 7) is 3.93. The van der Waals surface area contributed by atoms with E-state index in [0.717, 1.165) is 12.8 Å². The molecule has 0 spiro atoms. The Morgan fingerprint density at radius 3 is 3.00 bits per heavy atom. The van der Waals surface area contributed by atoms with Crippen LogP contribution in [0.25, 0.3) is 0 Å². The molecule has 8 nitrogen and oxygen atoms in total. The standard InChI is InChI=1S/C15H20N6O2/c1-2-20-9-12(8-17-20)18-14(22)15(23)21-6-3-4-13(21)10-19-7-5-16-11-19/h5,7-9,11,13H,2-4,6,10H2,1H3,(H,18,22)/t13-/m1/s1. The fourth-order valence-corrected chi connectivity index (χ4v) is 2.85.